The van der Waals surface area contributed by atoms with Crippen LogP contribution in [0.2, 0.25) is 0 Å². The summed E-state index contributed by atoms with van der Waals surface area (Å²) in [6.45, 7) is 1.47. The van der Waals surface area contributed by atoms with Gasteiger partial charge in [0.2, 0.25) is 0 Å². The first-order valence-corrected chi connectivity index (χ1v) is 5.72. The lowest BCUT2D eigenvalue weighted by Gasteiger charge is -2.31. The first-order valence-electron chi connectivity index (χ1n) is 5.72. The predicted octanol–water partition coefficient (Wildman–Crippen LogP) is 2.26. The van der Waals surface area contributed by atoms with E-state index in [-0.39, 0.29) is 6.04 Å². The number of hydrogen-bond donors (Lipinski definition) is 1. The van der Waals surface area contributed by atoms with E-state index in [0.717, 1.165) is 19.0 Å². The van der Waals surface area contributed by atoms with Crippen LogP contribution < -0.4 is 10.2 Å². The van der Waals surface area contributed by atoms with Crippen LogP contribution in [0.15, 0.2) is 24.3 Å². The van der Waals surface area contributed by atoms with Gasteiger partial charge in [0.05, 0.1) is 5.56 Å². The highest BCUT2D eigenvalue weighted by Gasteiger charge is 2.41. The Morgan fingerprint density at radius 1 is 1.24 bits per heavy atom. The fourth-order valence-electron chi connectivity index (χ4n) is 2.82. The van der Waals surface area contributed by atoms with Crippen molar-refractivity contribution in [2.45, 2.75) is 24.7 Å². The molecule has 1 aromatic rings. The van der Waals surface area contributed by atoms with Gasteiger partial charge in [-0.1, -0.05) is 12.1 Å². The minimum absolute atomic E-state index is 0.212. The molecule has 2 fully saturated rings. The SMILES string of the molecule is FC(F)(F)c1ccccc1N1C[C@@H]2C[C@H]1CN2. The maximum absolute atomic E-state index is 12.9. The summed E-state index contributed by atoms with van der Waals surface area (Å²) in [6, 6.07) is 6.41. The van der Waals surface area contributed by atoms with Gasteiger partial charge in [-0.15, -0.1) is 0 Å². The van der Waals surface area contributed by atoms with E-state index < -0.39 is 11.7 Å². The van der Waals surface area contributed by atoms with Crippen LogP contribution in [0.3, 0.4) is 0 Å². The average Bonchev–Trinajstić information content (AvgIpc) is 2.89. The first-order chi connectivity index (χ1) is 8.05. The van der Waals surface area contributed by atoms with Crippen LogP contribution in [0.4, 0.5) is 18.9 Å². The van der Waals surface area contributed by atoms with E-state index in [1.807, 2.05) is 4.90 Å². The molecule has 2 atom stereocenters. The Kier molecular flexibility index (Phi) is 2.33. The summed E-state index contributed by atoms with van der Waals surface area (Å²) in [5, 5.41) is 3.29. The zero-order valence-corrected chi connectivity index (χ0v) is 9.17. The maximum atomic E-state index is 12.9. The number of piperazine rings is 1. The Bertz CT molecular complexity index is 430. The fraction of sp³-hybridized carbons (Fsp3) is 0.500. The fourth-order valence-corrected chi connectivity index (χ4v) is 2.82. The van der Waals surface area contributed by atoms with Crippen molar-refractivity contribution >= 4 is 5.69 Å². The molecule has 0 saturated carbocycles. The second kappa shape index (κ2) is 3.63. The molecule has 1 N–H and O–H groups in total. The summed E-state index contributed by atoms with van der Waals surface area (Å²) in [6.07, 6.45) is -3.32. The highest BCUT2D eigenvalue weighted by Crippen LogP contribution is 2.39. The Morgan fingerprint density at radius 2 is 2.00 bits per heavy atom. The number of para-hydroxylation sites is 1. The highest BCUT2D eigenvalue weighted by molar-refractivity contribution is 5.57. The summed E-state index contributed by atoms with van der Waals surface area (Å²) >= 11 is 0. The van der Waals surface area contributed by atoms with Crippen molar-refractivity contribution < 1.29 is 13.2 Å². The summed E-state index contributed by atoms with van der Waals surface area (Å²) < 4.78 is 38.7. The summed E-state index contributed by atoms with van der Waals surface area (Å²) in [4.78, 5) is 1.89. The lowest BCUT2D eigenvalue weighted by molar-refractivity contribution is -0.137. The molecule has 2 aliphatic heterocycles. The predicted molar refractivity (Wildman–Crippen MR) is 59.0 cm³/mol. The topological polar surface area (TPSA) is 15.3 Å². The Hall–Kier alpha value is -1.23. The number of rotatable bonds is 1. The molecule has 92 valence electrons. The van der Waals surface area contributed by atoms with Crippen LogP contribution in [0.1, 0.15) is 12.0 Å². The van der Waals surface area contributed by atoms with Crippen LogP contribution in [-0.2, 0) is 6.18 Å². The molecule has 2 nitrogen and oxygen atoms in total. The molecular weight excluding hydrogens is 229 g/mol. The summed E-state index contributed by atoms with van der Waals surface area (Å²) in [7, 11) is 0. The van der Waals surface area contributed by atoms with Gasteiger partial charge in [0.1, 0.15) is 0 Å². The molecule has 0 unspecified atom stereocenters. The van der Waals surface area contributed by atoms with Crippen molar-refractivity contribution in [1.29, 1.82) is 0 Å². The molecule has 2 bridgehead atoms. The van der Waals surface area contributed by atoms with E-state index in [2.05, 4.69) is 5.32 Å². The van der Waals surface area contributed by atoms with Crippen LogP contribution in [0, 0.1) is 0 Å². The Labute approximate surface area is 97.4 Å². The maximum Gasteiger partial charge on any atom is 0.418 e. The van der Waals surface area contributed by atoms with Gasteiger partial charge in [-0.05, 0) is 18.6 Å². The van der Waals surface area contributed by atoms with Crippen LogP contribution in [-0.4, -0.2) is 25.2 Å². The Morgan fingerprint density at radius 3 is 2.59 bits per heavy atom. The molecule has 3 rings (SSSR count). The van der Waals surface area contributed by atoms with Gasteiger partial charge >= 0.3 is 6.18 Å². The van der Waals surface area contributed by atoms with Crippen molar-refractivity contribution in [3.63, 3.8) is 0 Å². The molecule has 0 radical (unpaired) electrons. The number of nitrogens with one attached hydrogen (secondary N) is 1. The summed E-state index contributed by atoms with van der Waals surface area (Å²) in [5.74, 6) is 0. The van der Waals surface area contributed by atoms with E-state index in [9.17, 15) is 13.2 Å². The first kappa shape index (κ1) is 10.9. The minimum atomic E-state index is -4.27. The minimum Gasteiger partial charge on any atom is -0.365 e. The van der Waals surface area contributed by atoms with Gasteiger partial charge in [0.15, 0.2) is 0 Å². The van der Waals surface area contributed by atoms with Crippen molar-refractivity contribution in [2.24, 2.45) is 0 Å². The number of halogens is 3. The average molecular weight is 242 g/mol. The second-order valence-electron chi connectivity index (χ2n) is 4.66. The van der Waals surface area contributed by atoms with Gasteiger partial charge in [-0.2, -0.15) is 13.2 Å². The summed E-state index contributed by atoms with van der Waals surface area (Å²) in [5.41, 5.74) is -0.193. The number of alkyl halides is 3. The molecule has 0 aliphatic carbocycles. The number of anilines is 1. The zero-order valence-electron chi connectivity index (χ0n) is 9.17. The number of nitrogens with zero attached hydrogens (tertiary/aromatic N) is 1. The molecule has 2 heterocycles. The van der Waals surface area contributed by atoms with Gasteiger partial charge in [-0.25, -0.2) is 0 Å². The molecular formula is C12H13F3N2. The van der Waals surface area contributed by atoms with Crippen molar-refractivity contribution in [3.05, 3.63) is 29.8 Å². The lowest BCUT2D eigenvalue weighted by Crippen LogP contribution is -2.44. The van der Waals surface area contributed by atoms with Crippen LogP contribution in [0.5, 0.6) is 0 Å². The molecule has 2 saturated heterocycles. The van der Waals surface area contributed by atoms with Crippen molar-refractivity contribution in [1.82, 2.24) is 5.32 Å². The largest absolute Gasteiger partial charge is 0.418 e. The van der Waals surface area contributed by atoms with E-state index >= 15 is 0 Å². The number of hydrogen-bond acceptors (Lipinski definition) is 2. The van der Waals surface area contributed by atoms with Gasteiger partial charge < -0.3 is 10.2 Å². The van der Waals surface area contributed by atoms with E-state index in [4.69, 9.17) is 0 Å². The lowest BCUT2D eigenvalue weighted by atomic mass is 10.1. The van der Waals surface area contributed by atoms with Crippen LogP contribution >= 0.6 is 0 Å². The quantitative estimate of drug-likeness (QED) is 0.812. The molecule has 1 aromatic carbocycles. The zero-order chi connectivity index (χ0) is 12.0. The molecule has 0 aromatic heterocycles. The monoisotopic (exact) mass is 242 g/mol. The normalized spacial score (nSPS) is 27.8. The third-order valence-corrected chi connectivity index (χ3v) is 3.58. The molecule has 2 aliphatic rings. The molecule has 0 spiro atoms. The standard InChI is InChI=1S/C12H13F3N2/c13-12(14,15)10-3-1-2-4-11(10)17-7-8-5-9(17)6-16-8/h1-4,8-9,16H,5-7H2/t8-,9-/m0/s1. The van der Waals surface area contributed by atoms with E-state index in [0.29, 0.717) is 18.3 Å². The third kappa shape index (κ3) is 1.78. The van der Waals surface area contributed by atoms with Gasteiger partial charge in [0.25, 0.3) is 0 Å². The molecule has 17 heavy (non-hydrogen) atoms. The second-order valence-corrected chi connectivity index (χ2v) is 4.66. The Balaban J connectivity index is 1.98. The van der Waals surface area contributed by atoms with Crippen molar-refractivity contribution in [2.75, 3.05) is 18.0 Å². The number of fused-ring (bicyclic) bond motifs is 2. The molecule has 0 amide bonds. The smallest absolute Gasteiger partial charge is 0.365 e. The van der Waals surface area contributed by atoms with Crippen LogP contribution in [0.25, 0.3) is 0 Å². The number of benzene rings is 1. The van der Waals surface area contributed by atoms with E-state index in [1.165, 1.54) is 6.07 Å². The molecule has 5 heteroatoms. The van der Waals surface area contributed by atoms with Gasteiger partial charge in [0, 0.05) is 30.9 Å². The highest BCUT2D eigenvalue weighted by atomic mass is 19.4. The van der Waals surface area contributed by atoms with Gasteiger partial charge in [-0.3, -0.25) is 0 Å². The van der Waals surface area contributed by atoms with Crippen molar-refractivity contribution in [3.8, 4) is 0 Å². The third-order valence-electron chi connectivity index (χ3n) is 3.58. The van der Waals surface area contributed by atoms with E-state index in [1.54, 1.807) is 12.1 Å².